The second-order valence-electron chi connectivity index (χ2n) is 5.51. The molecule has 0 saturated carbocycles. The van der Waals surface area contributed by atoms with E-state index in [1.165, 1.54) is 4.90 Å². The highest BCUT2D eigenvalue weighted by molar-refractivity contribution is 5.86. The Morgan fingerprint density at radius 2 is 2.17 bits per heavy atom. The second kappa shape index (κ2) is 5.67. The molecule has 3 N–H and O–H groups in total. The number of nitrogens with zero attached hydrogens (tertiary/aromatic N) is 1. The lowest BCUT2D eigenvalue weighted by atomic mass is 9.84. The largest absolute Gasteiger partial charge is 0.480 e. The fourth-order valence-electron chi connectivity index (χ4n) is 2.09. The van der Waals surface area contributed by atoms with Crippen LogP contribution in [-0.2, 0) is 14.3 Å². The van der Waals surface area contributed by atoms with Crippen molar-refractivity contribution in [2.75, 3.05) is 26.3 Å². The number of aliphatic carboxylic acids is 1. The van der Waals surface area contributed by atoms with Crippen LogP contribution in [0.1, 0.15) is 20.8 Å². The summed E-state index contributed by atoms with van der Waals surface area (Å²) in [5.41, 5.74) is 5.08. The maximum Gasteiger partial charge on any atom is 0.323 e. The number of hydrogen-bond donors (Lipinski definition) is 2. The van der Waals surface area contributed by atoms with Crippen molar-refractivity contribution in [2.45, 2.75) is 26.8 Å². The molecule has 104 valence electrons. The molecule has 6 heteroatoms. The van der Waals surface area contributed by atoms with Crippen LogP contribution in [0.5, 0.6) is 0 Å². The lowest BCUT2D eigenvalue weighted by molar-refractivity contribution is -0.150. The minimum atomic E-state index is -1.01. The minimum Gasteiger partial charge on any atom is -0.480 e. The fraction of sp³-hybridized carbons (Fsp3) is 0.833. The van der Waals surface area contributed by atoms with Gasteiger partial charge in [-0.25, -0.2) is 0 Å². The van der Waals surface area contributed by atoms with Crippen LogP contribution in [0.15, 0.2) is 0 Å². The lowest BCUT2D eigenvalue weighted by Gasteiger charge is -2.33. The van der Waals surface area contributed by atoms with Gasteiger partial charge in [-0.15, -0.1) is 0 Å². The number of carboxylic acid groups (broad SMARTS) is 1. The Hall–Kier alpha value is -1.14. The normalized spacial score (nSPS) is 27.5. The number of rotatable bonds is 5. The molecule has 1 aliphatic heterocycles. The predicted molar refractivity (Wildman–Crippen MR) is 66.0 cm³/mol. The lowest BCUT2D eigenvalue weighted by Crippen LogP contribution is -2.53. The van der Waals surface area contributed by atoms with Crippen LogP contribution in [0, 0.1) is 11.3 Å². The first kappa shape index (κ1) is 14.9. The van der Waals surface area contributed by atoms with Gasteiger partial charge in [-0.1, -0.05) is 13.8 Å². The number of amides is 1. The molecule has 0 radical (unpaired) electrons. The van der Waals surface area contributed by atoms with Crippen molar-refractivity contribution in [2.24, 2.45) is 17.1 Å². The van der Waals surface area contributed by atoms with Crippen LogP contribution in [0.25, 0.3) is 0 Å². The first-order chi connectivity index (χ1) is 8.27. The number of carbonyl (C=O) groups excluding carboxylic acids is 1. The third-order valence-electron chi connectivity index (χ3n) is 3.21. The third-order valence-corrected chi connectivity index (χ3v) is 3.21. The molecule has 0 aliphatic carbocycles. The maximum absolute atomic E-state index is 12.5. The minimum absolute atomic E-state index is 0.204. The Labute approximate surface area is 107 Å². The van der Waals surface area contributed by atoms with E-state index < -0.39 is 11.4 Å². The molecule has 0 spiro atoms. The average Bonchev–Trinajstić information content (AvgIpc) is 2.57. The smallest absolute Gasteiger partial charge is 0.323 e. The molecule has 1 saturated heterocycles. The van der Waals surface area contributed by atoms with Crippen LogP contribution < -0.4 is 5.73 Å². The highest BCUT2D eigenvalue weighted by Crippen LogP contribution is 2.29. The molecule has 1 amide bonds. The van der Waals surface area contributed by atoms with Gasteiger partial charge in [0, 0.05) is 12.6 Å². The molecule has 1 heterocycles. The molecule has 2 atom stereocenters. The van der Waals surface area contributed by atoms with Gasteiger partial charge in [0.1, 0.15) is 6.54 Å². The first-order valence-electron chi connectivity index (χ1n) is 6.12. The molecular formula is C12H22N2O4. The van der Waals surface area contributed by atoms with Crippen molar-refractivity contribution in [1.29, 1.82) is 0 Å². The zero-order valence-electron chi connectivity index (χ0n) is 11.2. The van der Waals surface area contributed by atoms with Crippen LogP contribution in [-0.4, -0.2) is 54.2 Å². The Kier molecular flexibility index (Phi) is 4.70. The molecule has 0 aromatic carbocycles. The van der Waals surface area contributed by atoms with E-state index in [9.17, 15) is 9.59 Å². The Morgan fingerprint density at radius 3 is 2.56 bits per heavy atom. The molecule has 1 aliphatic rings. The number of hydrogen-bond acceptors (Lipinski definition) is 4. The standard InChI is InChI=1S/C12H22N2O4/c1-8(2)4-14(5-10(15)16)11(17)12(3)7-18-6-9(12)13/h8-9H,4-7,13H2,1-3H3,(H,15,16). The number of carbonyl (C=O) groups is 2. The van der Waals surface area contributed by atoms with E-state index in [-0.39, 0.29) is 31.0 Å². The van der Waals surface area contributed by atoms with Gasteiger partial charge < -0.3 is 20.5 Å². The van der Waals surface area contributed by atoms with Crippen molar-refractivity contribution in [1.82, 2.24) is 4.90 Å². The molecule has 0 aromatic rings. The van der Waals surface area contributed by atoms with Gasteiger partial charge in [0.05, 0.1) is 18.6 Å². The summed E-state index contributed by atoms with van der Waals surface area (Å²) in [5, 5.41) is 8.88. The van der Waals surface area contributed by atoms with E-state index >= 15 is 0 Å². The fourth-order valence-corrected chi connectivity index (χ4v) is 2.09. The summed E-state index contributed by atoms with van der Waals surface area (Å²) >= 11 is 0. The van der Waals surface area contributed by atoms with Gasteiger partial charge in [-0.3, -0.25) is 9.59 Å². The predicted octanol–water partition coefficient (Wildman–Crippen LogP) is -0.0806. The zero-order valence-corrected chi connectivity index (χ0v) is 11.2. The Bertz CT molecular complexity index is 332. The summed E-state index contributed by atoms with van der Waals surface area (Å²) < 4.78 is 5.23. The number of ether oxygens (including phenoxy) is 1. The van der Waals surface area contributed by atoms with E-state index in [2.05, 4.69) is 0 Å². The van der Waals surface area contributed by atoms with Gasteiger partial charge >= 0.3 is 5.97 Å². The van der Waals surface area contributed by atoms with Crippen molar-refractivity contribution in [3.63, 3.8) is 0 Å². The highest BCUT2D eigenvalue weighted by atomic mass is 16.5. The monoisotopic (exact) mass is 258 g/mol. The van der Waals surface area contributed by atoms with Gasteiger partial charge in [0.15, 0.2) is 0 Å². The summed E-state index contributed by atoms with van der Waals surface area (Å²) in [6.45, 7) is 6.33. The van der Waals surface area contributed by atoms with Crippen molar-refractivity contribution < 1.29 is 19.4 Å². The summed E-state index contributed by atoms with van der Waals surface area (Å²) in [4.78, 5) is 24.7. The SMILES string of the molecule is CC(C)CN(CC(=O)O)C(=O)C1(C)COCC1N. The van der Waals surface area contributed by atoms with E-state index in [0.717, 1.165) is 0 Å². The van der Waals surface area contributed by atoms with E-state index in [1.54, 1.807) is 6.92 Å². The van der Waals surface area contributed by atoms with Gasteiger partial charge in [-0.2, -0.15) is 0 Å². The molecule has 18 heavy (non-hydrogen) atoms. The highest BCUT2D eigenvalue weighted by Gasteiger charge is 2.46. The molecule has 1 fully saturated rings. The van der Waals surface area contributed by atoms with E-state index in [4.69, 9.17) is 15.6 Å². The van der Waals surface area contributed by atoms with Gasteiger partial charge in [0.2, 0.25) is 5.91 Å². The van der Waals surface area contributed by atoms with Crippen molar-refractivity contribution in [3.05, 3.63) is 0 Å². The quantitative estimate of drug-likeness (QED) is 0.719. The average molecular weight is 258 g/mol. The van der Waals surface area contributed by atoms with Crippen LogP contribution in [0.3, 0.4) is 0 Å². The number of nitrogens with two attached hydrogens (primary N) is 1. The molecule has 2 unspecified atom stereocenters. The van der Waals surface area contributed by atoms with Crippen LogP contribution >= 0.6 is 0 Å². The van der Waals surface area contributed by atoms with Crippen LogP contribution in [0.4, 0.5) is 0 Å². The molecule has 1 rings (SSSR count). The summed E-state index contributed by atoms with van der Waals surface area (Å²) in [6.07, 6.45) is 0. The third kappa shape index (κ3) is 3.20. The van der Waals surface area contributed by atoms with E-state index in [1.807, 2.05) is 13.8 Å². The molecule has 0 bridgehead atoms. The molecule has 0 aromatic heterocycles. The summed E-state index contributed by atoms with van der Waals surface area (Å²) in [5.74, 6) is -1.04. The summed E-state index contributed by atoms with van der Waals surface area (Å²) in [7, 11) is 0. The Morgan fingerprint density at radius 1 is 1.56 bits per heavy atom. The van der Waals surface area contributed by atoms with Gasteiger partial charge in [-0.05, 0) is 12.8 Å². The van der Waals surface area contributed by atoms with Crippen molar-refractivity contribution >= 4 is 11.9 Å². The topological polar surface area (TPSA) is 92.9 Å². The summed E-state index contributed by atoms with van der Waals surface area (Å²) in [6, 6.07) is -0.381. The van der Waals surface area contributed by atoms with E-state index in [0.29, 0.717) is 13.2 Å². The maximum atomic E-state index is 12.5. The van der Waals surface area contributed by atoms with Crippen molar-refractivity contribution in [3.8, 4) is 0 Å². The number of carboxylic acids is 1. The first-order valence-corrected chi connectivity index (χ1v) is 6.12. The Balaban J connectivity index is 2.84. The van der Waals surface area contributed by atoms with Crippen LogP contribution in [0.2, 0.25) is 0 Å². The van der Waals surface area contributed by atoms with Gasteiger partial charge in [0.25, 0.3) is 0 Å². The zero-order chi connectivity index (χ0) is 13.9. The second-order valence-corrected chi connectivity index (χ2v) is 5.51. The molecule has 6 nitrogen and oxygen atoms in total. The molecular weight excluding hydrogens is 236 g/mol.